The predicted molar refractivity (Wildman–Crippen MR) is 100 cm³/mol. The number of amides is 1. The van der Waals surface area contributed by atoms with Crippen molar-refractivity contribution in [3.05, 3.63) is 70.9 Å². The molecule has 0 spiro atoms. The van der Waals surface area contributed by atoms with Crippen molar-refractivity contribution in [3.63, 3.8) is 0 Å². The van der Waals surface area contributed by atoms with E-state index in [9.17, 15) is 4.79 Å². The van der Waals surface area contributed by atoms with Crippen LogP contribution in [0, 0.1) is 0 Å². The van der Waals surface area contributed by atoms with E-state index in [1.165, 1.54) is 0 Å². The summed E-state index contributed by atoms with van der Waals surface area (Å²) in [6, 6.07) is 16.8. The SMILES string of the molecule is CCOc1ccc(CN(C)C(=O)c2ccc3nc(Cl)ccc3c2)cc1. The highest BCUT2D eigenvalue weighted by atomic mass is 35.5. The number of hydrogen-bond donors (Lipinski definition) is 0. The highest BCUT2D eigenvalue weighted by Gasteiger charge is 2.13. The van der Waals surface area contributed by atoms with Gasteiger partial charge in [-0.05, 0) is 55.0 Å². The van der Waals surface area contributed by atoms with Crippen LogP contribution in [0.1, 0.15) is 22.8 Å². The smallest absolute Gasteiger partial charge is 0.253 e. The van der Waals surface area contributed by atoms with Gasteiger partial charge in [-0.15, -0.1) is 0 Å². The second kappa shape index (κ2) is 7.53. The molecule has 0 saturated heterocycles. The van der Waals surface area contributed by atoms with Gasteiger partial charge in [-0.2, -0.15) is 0 Å². The standard InChI is InChI=1S/C20H19ClN2O2/c1-3-25-17-8-4-14(5-9-17)13-23(2)20(24)16-6-10-18-15(12-16)7-11-19(21)22-18/h4-12H,3,13H2,1-2H3. The maximum atomic E-state index is 12.7. The molecular formula is C20H19ClN2O2. The fraction of sp³-hybridized carbons (Fsp3) is 0.200. The summed E-state index contributed by atoms with van der Waals surface area (Å²) in [6.07, 6.45) is 0. The van der Waals surface area contributed by atoms with E-state index in [1.807, 2.05) is 49.4 Å². The van der Waals surface area contributed by atoms with Crippen molar-refractivity contribution in [1.82, 2.24) is 9.88 Å². The Morgan fingerprint density at radius 3 is 2.60 bits per heavy atom. The third kappa shape index (κ3) is 4.09. The molecule has 0 radical (unpaired) electrons. The average Bonchev–Trinajstić information content (AvgIpc) is 2.62. The van der Waals surface area contributed by atoms with Crippen LogP contribution in [0.5, 0.6) is 5.75 Å². The number of aromatic nitrogens is 1. The molecule has 5 heteroatoms. The van der Waals surface area contributed by atoms with Gasteiger partial charge in [-0.3, -0.25) is 4.79 Å². The Hall–Kier alpha value is -2.59. The number of pyridine rings is 1. The van der Waals surface area contributed by atoms with Gasteiger partial charge < -0.3 is 9.64 Å². The lowest BCUT2D eigenvalue weighted by Crippen LogP contribution is -2.26. The maximum Gasteiger partial charge on any atom is 0.253 e. The number of benzene rings is 2. The number of ether oxygens (including phenoxy) is 1. The van der Waals surface area contributed by atoms with E-state index in [-0.39, 0.29) is 5.91 Å². The fourth-order valence-electron chi connectivity index (χ4n) is 2.66. The number of nitrogens with zero attached hydrogens (tertiary/aromatic N) is 2. The lowest BCUT2D eigenvalue weighted by Gasteiger charge is -2.18. The van der Waals surface area contributed by atoms with E-state index in [2.05, 4.69) is 4.98 Å². The minimum Gasteiger partial charge on any atom is -0.494 e. The van der Waals surface area contributed by atoms with Crippen LogP contribution < -0.4 is 4.74 Å². The second-order valence-electron chi connectivity index (χ2n) is 5.78. The summed E-state index contributed by atoms with van der Waals surface area (Å²) < 4.78 is 5.44. The summed E-state index contributed by atoms with van der Waals surface area (Å²) in [5.41, 5.74) is 2.46. The van der Waals surface area contributed by atoms with E-state index < -0.39 is 0 Å². The molecule has 1 aromatic heterocycles. The Kier molecular flexibility index (Phi) is 5.19. The van der Waals surface area contributed by atoms with Crippen molar-refractivity contribution in [1.29, 1.82) is 0 Å². The molecule has 0 saturated carbocycles. The first-order valence-corrected chi connectivity index (χ1v) is 8.48. The highest BCUT2D eigenvalue weighted by Crippen LogP contribution is 2.19. The lowest BCUT2D eigenvalue weighted by molar-refractivity contribution is 0.0785. The number of halogens is 1. The van der Waals surface area contributed by atoms with Crippen molar-refractivity contribution >= 4 is 28.4 Å². The first kappa shape index (κ1) is 17.2. The largest absolute Gasteiger partial charge is 0.494 e. The Morgan fingerprint density at radius 1 is 1.12 bits per heavy atom. The van der Waals surface area contributed by atoms with Crippen LogP contribution in [0.25, 0.3) is 10.9 Å². The molecule has 0 fully saturated rings. The molecule has 4 nitrogen and oxygen atoms in total. The van der Waals surface area contributed by atoms with Crippen LogP contribution in [0.4, 0.5) is 0 Å². The normalized spacial score (nSPS) is 10.7. The number of carbonyl (C=O) groups excluding carboxylic acids is 1. The first-order chi connectivity index (χ1) is 12.1. The van der Waals surface area contributed by atoms with Crippen LogP contribution in [0.3, 0.4) is 0 Å². The molecule has 0 bridgehead atoms. The summed E-state index contributed by atoms with van der Waals surface area (Å²) in [6.45, 7) is 3.12. The van der Waals surface area contributed by atoms with Crippen molar-refractivity contribution in [2.75, 3.05) is 13.7 Å². The third-order valence-electron chi connectivity index (χ3n) is 3.90. The number of carbonyl (C=O) groups is 1. The van der Waals surface area contributed by atoms with Gasteiger partial charge in [0.1, 0.15) is 10.9 Å². The Balaban J connectivity index is 1.74. The fourth-order valence-corrected chi connectivity index (χ4v) is 2.81. The highest BCUT2D eigenvalue weighted by molar-refractivity contribution is 6.29. The zero-order chi connectivity index (χ0) is 17.8. The van der Waals surface area contributed by atoms with Crippen molar-refractivity contribution in [2.45, 2.75) is 13.5 Å². The van der Waals surface area contributed by atoms with Crippen molar-refractivity contribution < 1.29 is 9.53 Å². The predicted octanol–water partition coefficient (Wildman–Crippen LogP) is 4.56. The molecule has 3 aromatic rings. The summed E-state index contributed by atoms with van der Waals surface area (Å²) >= 11 is 5.90. The van der Waals surface area contributed by atoms with Gasteiger partial charge in [0.2, 0.25) is 0 Å². The lowest BCUT2D eigenvalue weighted by atomic mass is 10.1. The first-order valence-electron chi connectivity index (χ1n) is 8.10. The molecule has 1 heterocycles. The van der Waals surface area contributed by atoms with Gasteiger partial charge in [-0.1, -0.05) is 23.7 Å². The minimum atomic E-state index is -0.0364. The molecule has 3 rings (SSSR count). The van der Waals surface area contributed by atoms with Gasteiger partial charge >= 0.3 is 0 Å². The van der Waals surface area contributed by atoms with Crippen LogP contribution in [0.2, 0.25) is 5.15 Å². The molecule has 0 atom stereocenters. The summed E-state index contributed by atoms with van der Waals surface area (Å²) in [7, 11) is 1.79. The van der Waals surface area contributed by atoms with Crippen LogP contribution >= 0.6 is 11.6 Å². The van der Waals surface area contributed by atoms with Crippen molar-refractivity contribution in [2.24, 2.45) is 0 Å². The van der Waals surface area contributed by atoms with Crippen LogP contribution in [0.15, 0.2) is 54.6 Å². The number of rotatable bonds is 5. The Labute approximate surface area is 152 Å². The molecule has 128 valence electrons. The molecule has 25 heavy (non-hydrogen) atoms. The van der Waals surface area contributed by atoms with Crippen LogP contribution in [-0.2, 0) is 6.54 Å². The van der Waals surface area contributed by atoms with Gasteiger partial charge in [0.05, 0.1) is 12.1 Å². The zero-order valence-corrected chi connectivity index (χ0v) is 15.0. The monoisotopic (exact) mass is 354 g/mol. The summed E-state index contributed by atoms with van der Waals surface area (Å²) in [5, 5.41) is 1.34. The van der Waals surface area contributed by atoms with E-state index >= 15 is 0 Å². The van der Waals surface area contributed by atoms with E-state index in [0.29, 0.717) is 23.9 Å². The Bertz CT molecular complexity index is 894. The number of fused-ring (bicyclic) bond motifs is 1. The van der Waals surface area contributed by atoms with Gasteiger partial charge in [0.25, 0.3) is 5.91 Å². The summed E-state index contributed by atoms with van der Waals surface area (Å²) in [4.78, 5) is 18.6. The Morgan fingerprint density at radius 2 is 1.88 bits per heavy atom. The van der Waals surface area contributed by atoms with Crippen molar-refractivity contribution in [3.8, 4) is 5.75 Å². The van der Waals surface area contributed by atoms with E-state index in [0.717, 1.165) is 22.2 Å². The molecule has 0 aliphatic carbocycles. The summed E-state index contributed by atoms with van der Waals surface area (Å²) in [5.74, 6) is 0.798. The van der Waals surface area contributed by atoms with Crippen LogP contribution in [-0.4, -0.2) is 29.4 Å². The van der Waals surface area contributed by atoms with Gasteiger partial charge in [0.15, 0.2) is 0 Å². The van der Waals surface area contributed by atoms with E-state index in [4.69, 9.17) is 16.3 Å². The number of hydrogen-bond acceptors (Lipinski definition) is 3. The molecule has 2 aromatic carbocycles. The quantitative estimate of drug-likeness (QED) is 0.631. The van der Waals surface area contributed by atoms with Gasteiger partial charge in [-0.25, -0.2) is 4.98 Å². The maximum absolute atomic E-state index is 12.7. The molecule has 1 amide bonds. The molecule has 0 aliphatic rings. The molecular weight excluding hydrogens is 336 g/mol. The third-order valence-corrected chi connectivity index (χ3v) is 4.11. The zero-order valence-electron chi connectivity index (χ0n) is 14.2. The minimum absolute atomic E-state index is 0.0364. The topological polar surface area (TPSA) is 42.4 Å². The molecule has 0 aliphatic heterocycles. The molecule has 0 unspecified atom stereocenters. The average molecular weight is 355 g/mol. The second-order valence-corrected chi connectivity index (χ2v) is 6.17. The molecule has 0 N–H and O–H groups in total. The van der Waals surface area contributed by atoms with Gasteiger partial charge in [0, 0.05) is 24.5 Å². The van der Waals surface area contributed by atoms with E-state index in [1.54, 1.807) is 24.1 Å².